The van der Waals surface area contributed by atoms with E-state index in [0.717, 1.165) is 41.7 Å². The summed E-state index contributed by atoms with van der Waals surface area (Å²) in [7, 11) is 1.74. The predicted molar refractivity (Wildman–Crippen MR) is 160 cm³/mol. The van der Waals surface area contributed by atoms with E-state index in [1.165, 1.54) is 23.4 Å². The van der Waals surface area contributed by atoms with Crippen molar-refractivity contribution >= 4 is 40.3 Å². The molecule has 3 aromatic rings. The van der Waals surface area contributed by atoms with E-state index in [9.17, 15) is 0 Å². The molecule has 1 N–H and O–H groups in total. The highest BCUT2D eigenvalue weighted by molar-refractivity contribution is 7.80. The molecular formula is C30H38ClN5OS. The Morgan fingerprint density at radius 2 is 1.87 bits per heavy atom. The van der Waals surface area contributed by atoms with E-state index in [0.29, 0.717) is 23.6 Å². The van der Waals surface area contributed by atoms with Crippen molar-refractivity contribution in [3.05, 3.63) is 76.3 Å². The van der Waals surface area contributed by atoms with Crippen molar-refractivity contribution in [1.29, 1.82) is 0 Å². The summed E-state index contributed by atoms with van der Waals surface area (Å²) in [5, 5.41) is 5.02. The third-order valence-electron chi connectivity index (χ3n) is 7.97. The minimum Gasteiger partial charge on any atom is -0.383 e. The van der Waals surface area contributed by atoms with E-state index in [-0.39, 0.29) is 12.1 Å². The molecule has 0 unspecified atom stereocenters. The van der Waals surface area contributed by atoms with Gasteiger partial charge in [-0.1, -0.05) is 31.5 Å². The van der Waals surface area contributed by atoms with E-state index >= 15 is 0 Å². The number of ether oxygens (including phenoxy) is 1. The summed E-state index contributed by atoms with van der Waals surface area (Å²) in [6.45, 7) is 12.5. The third kappa shape index (κ3) is 5.16. The fourth-order valence-corrected chi connectivity index (χ4v) is 7.00. The van der Waals surface area contributed by atoms with Crippen LogP contribution in [0.1, 0.15) is 55.0 Å². The molecule has 202 valence electrons. The molecule has 0 amide bonds. The zero-order chi connectivity index (χ0) is 27.0. The van der Waals surface area contributed by atoms with E-state index in [1.54, 1.807) is 7.11 Å². The molecule has 2 saturated heterocycles. The number of nitrogens with one attached hydrogen (secondary N) is 1. The van der Waals surface area contributed by atoms with Crippen LogP contribution in [-0.4, -0.2) is 41.5 Å². The van der Waals surface area contributed by atoms with Crippen molar-refractivity contribution in [2.24, 2.45) is 11.8 Å². The van der Waals surface area contributed by atoms with E-state index in [2.05, 4.69) is 77.7 Å². The Bertz CT molecular complexity index is 1290. The Hall–Kier alpha value is -2.61. The van der Waals surface area contributed by atoms with Crippen molar-refractivity contribution < 1.29 is 4.74 Å². The molecule has 0 aliphatic carbocycles. The number of aryl methyl sites for hydroxylation is 1. The molecule has 4 heterocycles. The van der Waals surface area contributed by atoms with Gasteiger partial charge in [0.05, 0.1) is 35.1 Å². The normalized spacial score (nSPS) is 23.7. The average molecular weight is 552 g/mol. The number of hydrogen-bond donors (Lipinski definition) is 1. The van der Waals surface area contributed by atoms with E-state index in [4.69, 9.17) is 33.5 Å². The van der Waals surface area contributed by atoms with Gasteiger partial charge in [-0.2, -0.15) is 0 Å². The van der Waals surface area contributed by atoms with Gasteiger partial charge in [-0.3, -0.25) is 4.98 Å². The molecule has 1 aromatic carbocycles. The van der Waals surface area contributed by atoms with Crippen molar-refractivity contribution in [3.8, 4) is 0 Å². The van der Waals surface area contributed by atoms with Gasteiger partial charge in [0.2, 0.25) is 0 Å². The molecule has 0 spiro atoms. The van der Waals surface area contributed by atoms with Crippen molar-refractivity contribution in [2.75, 3.05) is 36.6 Å². The van der Waals surface area contributed by atoms with Gasteiger partial charge in [-0.05, 0) is 86.3 Å². The van der Waals surface area contributed by atoms with Gasteiger partial charge in [0.25, 0.3) is 0 Å². The summed E-state index contributed by atoms with van der Waals surface area (Å²) in [4.78, 5) is 9.36. The van der Waals surface area contributed by atoms with Crippen LogP contribution in [0.3, 0.4) is 0 Å². The van der Waals surface area contributed by atoms with Crippen LogP contribution in [0.2, 0.25) is 5.02 Å². The second-order valence-corrected chi connectivity index (χ2v) is 11.7. The van der Waals surface area contributed by atoms with Crippen molar-refractivity contribution in [3.63, 3.8) is 0 Å². The number of pyridine rings is 1. The number of halogens is 1. The minimum absolute atomic E-state index is 0.0724. The van der Waals surface area contributed by atoms with E-state index in [1.807, 2.05) is 18.3 Å². The first-order valence-electron chi connectivity index (χ1n) is 13.5. The lowest BCUT2D eigenvalue weighted by molar-refractivity contribution is 0.186. The van der Waals surface area contributed by atoms with Crippen LogP contribution in [0.25, 0.3) is 0 Å². The van der Waals surface area contributed by atoms with Crippen LogP contribution in [-0.2, 0) is 11.3 Å². The maximum Gasteiger partial charge on any atom is 0.174 e. The molecule has 0 saturated carbocycles. The Morgan fingerprint density at radius 3 is 2.53 bits per heavy atom. The first-order chi connectivity index (χ1) is 18.3. The molecule has 5 rings (SSSR count). The summed E-state index contributed by atoms with van der Waals surface area (Å²) in [6, 6.07) is 14.6. The molecule has 2 aliphatic heterocycles. The second kappa shape index (κ2) is 11.2. The SMILES string of the molecule is COCCn1c(C)cc([C@@H]2[C@H](c3ccccn3)NC(=S)N2c2ccc(N3C[C@@H](C)C[C@H](C)C3)c(Cl)c2)c1C. The summed E-state index contributed by atoms with van der Waals surface area (Å²) >= 11 is 13.0. The first kappa shape index (κ1) is 27.0. The lowest BCUT2D eigenvalue weighted by atomic mass is 9.91. The number of benzene rings is 1. The van der Waals surface area contributed by atoms with Crippen LogP contribution >= 0.6 is 23.8 Å². The van der Waals surface area contributed by atoms with Gasteiger partial charge >= 0.3 is 0 Å². The van der Waals surface area contributed by atoms with Crippen molar-refractivity contribution in [2.45, 2.75) is 52.7 Å². The van der Waals surface area contributed by atoms with Gasteiger partial charge in [0.15, 0.2) is 5.11 Å². The fourth-order valence-electron chi connectivity index (χ4n) is 6.36. The lowest BCUT2D eigenvalue weighted by Gasteiger charge is -2.37. The van der Waals surface area contributed by atoms with Crippen LogP contribution in [0.4, 0.5) is 11.4 Å². The Morgan fingerprint density at radius 1 is 1.11 bits per heavy atom. The number of aromatic nitrogens is 2. The molecule has 6 nitrogen and oxygen atoms in total. The van der Waals surface area contributed by atoms with Crippen LogP contribution in [0, 0.1) is 25.7 Å². The van der Waals surface area contributed by atoms with Crippen LogP contribution in [0.5, 0.6) is 0 Å². The van der Waals surface area contributed by atoms with Gasteiger partial charge in [0.1, 0.15) is 0 Å². The smallest absolute Gasteiger partial charge is 0.174 e. The fraction of sp³-hybridized carbons (Fsp3) is 0.467. The zero-order valence-corrected chi connectivity index (χ0v) is 24.5. The Labute approximate surface area is 236 Å². The van der Waals surface area contributed by atoms with Crippen LogP contribution in [0.15, 0.2) is 48.7 Å². The lowest BCUT2D eigenvalue weighted by Crippen LogP contribution is -2.38. The summed E-state index contributed by atoms with van der Waals surface area (Å²) < 4.78 is 7.71. The third-order valence-corrected chi connectivity index (χ3v) is 8.58. The number of thiocarbonyl (C=S) groups is 1. The Kier molecular flexibility index (Phi) is 7.98. The number of nitrogens with zero attached hydrogens (tertiary/aromatic N) is 4. The summed E-state index contributed by atoms with van der Waals surface area (Å²) in [6.07, 6.45) is 3.10. The minimum atomic E-state index is -0.0951. The second-order valence-electron chi connectivity index (χ2n) is 11.0. The van der Waals surface area contributed by atoms with E-state index < -0.39 is 0 Å². The molecule has 0 radical (unpaired) electrons. The number of methoxy groups -OCH3 is 1. The highest BCUT2D eigenvalue weighted by Gasteiger charge is 2.42. The molecule has 8 heteroatoms. The average Bonchev–Trinajstić information content (AvgIpc) is 3.37. The molecule has 4 atom stereocenters. The Balaban J connectivity index is 1.55. The standard InChI is InChI=1S/C30H38ClN5OS/c1-19-14-20(2)18-34(17-19)27-10-9-23(16-25(27)31)36-29(24-15-21(3)35(22(24)4)12-13-37-5)28(33-30(36)38)26-8-6-7-11-32-26/h6-11,15-16,19-20,28-29H,12-14,17-18H2,1-5H3,(H,33,38)/t19-,20-,28-,29+/m0/s1. The topological polar surface area (TPSA) is 45.6 Å². The number of piperidine rings is 1. The van der Waals surface area contributed by atoms with Gasteiger partial charge in [-0.25, -0.2) is 0 Å². The van der Waals surface area contributed by atoms with Gasteiger partial charge < -0.3 is 24.4 Å². The zero-order valence-electron chi connectivity index (χ0n) is 22.9. The number of rotatable bonds is 7. The molecule has 2 aliphatic rings. The summed E-state index contributed by atoms with van der Waals surface area (Å²) in [5.74, 6) is 1.31. The maximum absolute atomic E-state index is 6.99. The summed E-state index contributed by atoms with van der Waals surface area (Å²) in [5.41, 5.74) is 6.68. The quantitative estimate of drug-likeness (QED) is 0.340. The molecule has 2 aromatic heterocycles. The number of hydrogen-bond acceptors (Lipinski definition) is 4. The number of anilines is 2. The first-order valence-corrected chi connectivity index (χ1v) is 14.3. The predicted octanol–water partition coefficient (Wildman–Crippen LogP) is 6.46. The largest absolute Gasteiger partial charge is 0.383 e. The monoisotopic (exact) mass is 551 g/mol. The maximum atomic E-state index is 6.99. The van der Waals surface area contributed by atoms with Crippen molar-refractivity contribution in [1.82, 2.24) is 14.9 Å². The highest BCUT2D eigenvalue weighted by Crippen LogP contribution is 2.45. The molecule has 2 fully saturated rings. The highest BCUT2D eigenvalue weighted by atomic mass is 35.5. The molecule has 0 bridgehead atoms. The van der Waals surface area contributed by atoms with Gasteiger partial charge in [0, 0.05) is 50.0 Å². The molecular weight excluding hydrogens is 514 g/mol. The van der Waals surface area contributed by atoms with Gasteiger partial charge in [-0.15, -0.1) is 0 Å². The molecule has 38 heavy (non-hydrogen) atoms. The van der Waals surface area contributed by atoms with Crippen LogP contribution < -0.4 is 15.1 Å².